The summed E-state index contributed by atoms with van der Waals surface area (Å²) in [7, 11) is 0. The third-order valence-electron chi connectivity index (χ3n) is 11.7. The van der Waals surface area contributed by atoms with E-state index in [0.717, 1.165) is 49.3 Å². The Bertz CT molecular complexity index is 4830. The lowest BCUT2D eigenvalue weighted by Crippen LogP contribution is -1.98. The second-order valence-corrected chi connectivity index (χ2v) is 15.2. The van der Waals surface area contributed by atoms with Gasteiger partial charge in [-0.3, -0.25) is 0 Å². The molecular formula is C60H39N3. The summed E-state index contributed by atoms with van der Waals surface area (Å²) in [6.07, 6.45) is 0. The highest BCUT2D eigenvalue weighted by molar-refractivity contribution is 6.17. The minimum Gasteiger partial charge on any atom is -0.309 e. The minimum absolute atomic E-state index is 0.304. The molecule has 0 aliphatic rings. The minimum atomic E-state index is -0.883. The predicted molar refractivity (Wildman–Crippen MR) is 266 cm³/mol. The van der Waals surface area contributed by atoms with E-state index >= 15 is 0 Å². The van der Waals surface area contributed by atoms with Gasteiger partial charge in [0, 0.05) is 43.7 Å². The second-order valence-electron chi connectivity index (χ2n) is 15.2. The molecule has 0 atom stereocenters. The van der Waals surface area contributed by atoms with Crippen LogP contribution in [0.25, 0.3) is 116 Å². The van der Waals surface area contributed by atoms with Crippen LogP contribution in [0.15, 0.2) is 236 Å². The van der Waals surface area contributed by atoms with Crippen molar-refractivity contribution in [1.29, 1.82) is 0 Å². The number of rotatable bonds is 6. The lowest BCUT2D eigenvalue weighted by Gasteiger charge is -2.15. The Morgan fingerprint density at radius 1 is 0.286 bits per heavy atom. The van der Waals surface area contributed by atoms with Crippen LogP contribution in [-0.2, 0) is 0 Å². The Kier molecular flexibility index (Phi) is 5.02. The Morgan fingerprint density at radius 3 is 1.37 bits per heavy atom. The highest BCUT2D eigenvalue weighted by atomic mass is 15.0. The van der Waals surface area contributed by atoms with E-state index in [9.17, 15) is 6.85 Å². The second kappa shape index (κ2) is 14.1. The largest absolute Gasteiger partial charge is 0.309 e. The number of hydrogen-bond acceptors (Lipinski definition) is 0. The zero-order chi connectivity index (χ0) is 56.2. The number of aromatic nitrogens is 3. The third kappa shape index (κ3) is 5.53. The molecule has 0 radical (unpaired) electrons. The molecule has 3 heterocycles. The van der Waals surface area contributed by atoms with E-state index < -0.39 is 136 Å². The summed E-state index contributed by atoms with van der Waals surface area (Å²) >= 11 is 0. The predicted octanol–water partition coefficient (Wildman–Crippen LogP) is 16.0. The Morgan fingerprint density at radius 2 is 0.730 bits per heavy atom. The average molecular weight is 819 g/mol. The smallest absolute Gasteiger partial charge is 0.0651 e. The van der Waals surface area contributed by atoms with Crippen molar-refractivity contribution in [3.63, 3.8) is 0 Å². The fourth-order valence-electron chi connectivity index (χ4n) is 9.15. The molecule has 0 bridgehead atoms. The van der Waals surface area contributed by atoms with Gasteiger partial charge >= 0.3 is 0 Å². The normalized spacial score (nSPS) is 15.6. The first-order valence-electron chi connectivity index (χ1n) is 28.8. The fraction of sp³-hybridized carbons (Fsp3) is 0. The van der Waals surface area contributed by atoms with Crippen LogP contribution in [0, 0.1) is 0 Å². The quantitative estimate of drug-likeness (QED) is 0.159. The summed E-state index contributed by atoms with van der Waals surface area (Å²) in [5.41, 5.74) is 2.17. The van der Waals surface area contributed by atoms with Crippen molar-refractivity contribution in [3.8, 4) is 50.4 Å². The topological polar surface area (TPSA) is 14.8 Å². The monoisotopic (exact) mass is 818 g/mol. The molecule has 0 spiro atoms. The van der Waals surface area contributed by atoms with Crippen LogP contribution in [-0.4, -0.2) is 13.7 Å². The van der Waals surface area contributed by atoms with Gasteiger partial charge in [-0.1, -0.05) is 163 Å². The summed E-state index contributed by atoms with van der Waals surface area (Å²) in [6.45, 7) is 0. The zero-order valence-corrected chi connectivity index (χ0v) is 33.0. The average Bonchev–Trinajstić information content (AvgIpc) is 4.27. The van der Waals surface area contributed by atoms with E-state index in [0.29, 0.717) is 27.5 Å². The van der Waals surface area contributed by atoms with Gasteiger partial charge in [-0.2, -0.15) is 0 Å². The molecule has 0 aliphatic heterocycles. The van der Waals surface area contributed by atoms with Crippen LogP contribution >= 0.6 is 0 Å². The van der Waals surface area contributed by atoms with Crippen molar-refractivity contribution >= 4 is 65.4 Å². The van der Waals surface area contributed by atoms with Gasteiger partial charge in [0.2, 0.25) is 0 Å². The molecule has 0 aliphatic carbocycles. The first-order valence-corrected chi connectivity index (χ1v) is 20.3. The Balaban J connectivity index is 1.16. The van der Waals surface area contributed by atoms with E-state index in [2.05, 4.69) is 45.5 Å². The molecule has 0 saturated carbocycles. The molecule has 0 unspecified atom stereocenters. The van der Waals surface area contributed by atoms with Gasteiger partial charge in [0.25, 0.3) is 0 Å². The first-order chi connectivity index (χ1) is 38.4. The number of para-hydroxylation sites is 4. The molecule has 13 rings (SSSR count). The van der Waals surface area contributed by atoms with Crippen LogP contribution in [0.4, 0.5) is 0 Å². The van der Waals surface area contributed by atoms with E-state index in [1.54, 1.807) is 16.7 Å². The van der Waals surface area contributed by atoms with Crippen molar-refractivity contribution in [2.45, 2.75) is 0 Å². The summed E-state index contributed by atoms with van der Waals surface area (Å²) in [5, 5.41) is 5.41. The van der Waals surface area contributed by atoms with Gasteiger partial charge in [0.1, 0.15) is 0 Å². The van der Waals surface area contributed by atoms with E-state index in [1.165, 1.54) is 0 Å². The van der Waals surface area contributed by atoms with Crippen LogP contribution in [0.3, 0.4) is 0 Å². The molecule has 10 aromatic carbocycles. The number of nitrogens with zero attached hydrogens (tertiary/aromatic N) is 3. The molecule has 0 N–H and O–H groups in total. The van der Waals surface area contributed by atoms with Crippen molar-refractivity contribution in [2.75, 3.05) is 0 Å². The summed E-state index contributed by atoms with van der Waals surface area (Å²) in [4.78, 5) is 0. The highest BCUT2D eigenvalue weighted by Crippen LogP contribution is 2.42. The van der Waals surface area contributed by atoms with Gasteiger partial charge in [-0.25, -0.2) is 0 Å². The fourth-order valence-corrected chi connectivity index (χ4v) is 9.15. The molecule has 0 fully saturated rings. The molecule has 63 heavy (non-hydrogen) atoms. The zero-order valence-electron chi connectivity index (χ0n) is 50.0. The van der Waals surface area contributed by atoms with Gasteiger partial charge in [-0.15, -0.1) is 0 Å². The number of hydrogen-bond donors (Lipinski definition) is 0. The van der Waals surface area contributed by atoms with Gasteiger partial charge in [0.15, 0.2) is 0 Å². The maximum atomic E-state index is 10.3. The lowest BCUT2D eigenvalue weighted by molar-refractivity contribution is 1.15. The molecule has 3 heteroatoms. The van der Waals surface area contributed by atoms with Gasteiger partial charge in [-0.05, 0) is 106 Å². The van der Waals surface area contributed by atoms with Crippen LogP contribution in [0.1, 0.15) is 23.3 Å². The van der Waals surface area contributed by atoms with Crippen LogP contribution in [0.5, 0.6) is 0 Å². The molecular weight excluding hydrogens is 763 g/mol. The van der Waals surface area contributed by atoms with E-state index in [-0.39, 0.29) is 5.69 Å². The van der Waals surface area contributed by atoms with E-state index in [4.69, 9.17) is 16.4 Å². The van der Waals surface area contributed by atoms with Crippen molar-refractivity contribution in [1.82, 2.24) is 13.7 Å². The summed E-state index contributed by atoms with van der Waals surface area (Å²) < 4.78 is 161. The number of benzene rings is 10. The Labute approximate surface area is 388 Å². The molecule has 3 nitrogen and oxygen atoms in total. The summed E-state index contributed by atoms with van der Waals surface area (Å²) in [6, 6.07) is 30.2. The molecule has 13 aromatic rings. The highest BCUT2D eigenvalue weighted by Gasteiger charge is 2.21. The molecule has 0 amide bonds. The Hall–Kier alpha value is -8.40. The van der Waals surface area contributed by atoms with Gasteiger partial charge in [0.05, 0.1) is 62.1 Å². The molecule has 3 aromatic heterocycles. The van der Waals surface area contributed by atoms with E-state index in [1.807, 2.05) is 84.9 Å². The number of fused-ring (bicyclic) bond motifs is 9. The summed E-state index contributed by atoms with van der Waals surface area (Å²) in [5.74, 6) is 0. The first kappa shape index (κ1) is 22.4. The third-order valence-corrected chi connectivity index (χ3v) is 11.7. The van der Waals surface area contributed by atoms with Crippen molar-refractivity contribution < 1.29 is 23.3 Å². The lowest BCUT2D eigenvalue weighted by atomic mass is 9.95. The molecule has 294 valence electrons. The van der Waals surface area contributed by atoms with Crippen molar-refractivity contribution in [3.05, 3.63) is 236 Å². The SMILES string of the molecule is [2H]c1c([2H])c([2H])c(-c2c([2H])c([2H])c([2H])c(-c3c([2H])c(-c4c([2H])c([2H])c([2H])c([2H])c4[2H])c([2H])c(-n4c5ccccc5c5ccc(-n6c7ccccc7c7c(-n8c9ccccc9c9ccccc98)cccc76)cc54)c3[2H])c2[2H])c([2H])c1[2H]. The molecule has 0 saturated heterocycles. The maximum Gasteiger partial charge on any atom is 0.0651 e. The standard InChI is InChI=1S/C60H39N3/c1-3-17-40(18-4-1)42-21-15-22-43(35-42)45-36-44(41-19-5-2-6-20-41)37-47(38-45)62-53-27-11-7-25-50(53)51-34-33-46(39-59(51)62)61-56-30-14-10-26-52(56)60-57(61)31-16-32-58(60)63-54-28-12-8-23-48(54)49-24-9-13-29-55(49)63/h1-39H/i1D,2D,3D,4D,5D,6D,15D,17D,18D,19D,20D,21D,22D,35D,36D,37D,38D. The van der Waals surface area contributed by atoms with Crippen LogP contribution < -0.4 is 0 Å². The van der Waals surface area contributed by atoms with Crippen LogP contribution in [0.2, 0.25) is 0 Å². The maximum absolute atomic E-state index is 10.3. The van der Waals surface area contributed by atoms with Crippen molar-refractivity contribution in [2.24, 2.45) is 0 Å². The van der Waals surface area contributed by atoms with Gasteiger partial charge < -0.3 is 13.7 Å².